The molecule has 3 heterocycles. The second-order valence-corrected chi connectivity index (χ2v) is 12.0. The normalized spacial score (nSPS) is 28.8. The summed E-state index contributed by atoms with van der Waals surface area (Å²) in [5.74, 6) is 2.82. The van der Waals surface area contributed by atoms with E-state index >= 15 is 0 Å². The highest BCUT2D eigenvalue weighted by Gasteiger charge is 2.53. The first-order valence-electron chi connectivity index (χ1n) is 13.9. The van der Waals surface area contributed by atoms with Gasteiger partial charge in [-0.25, -0.2) is 9.50 Å². The number of ether oxygens (including phenoxy) is 1. The van der Waals surface area contributed by atoms with E-state index in [4.69, 9.17) is 4.74 Å². The molecule has 8 rings (SSSR count). The molecular formula is C29H32F3N5O2. The zero-order valence-electron chi connectivity index (χ0n) is 22.0. The number of carbonyl (C=O) groups excluding carboxylic acids is 1. The third kappa shape index (κ3) is 4.18. The second-order valence-electron chi connectivity index (χ2n) is 12.0. The number of rotatable bonds is 4. The van der Waals surface area contributed by atoms with Gasteiger partial charge in [0.25, 0.3) is 5.91 Å². The maximum absolute atomic E-state index is 14.0. The Morgan fingerprint density at radius 2 is 1.59 bits per heavy atom. The topological polar surface area (TPSA) is 63.0 Å². The number of amides is 1. The van der Waals surface area contributed by atoms with Crippen LogP contribution in [0.15, 0.2) is 36.5 Å². The Labute approximate surface area is 224 Å². The lowest BCUT2D eigenvalue weighted by Crippen LogP contribution is -2.64. The average molecular weight is 540 g/mol. The van der Waals surface area contributed by atoms with Crippen molar-refractivity contribution in [3.05, 3.63) is 47.8 Å². The largest absolute Gasteiger partial charge is 0.497 e. The van der Waals surface area contributed by atoms with Crippen LogP contribution in [-0.4, -0.2) is 69.1 Å². The molecule has 4 saturated carbocycles. The summed E-state index contributed by atoms with van der Waals surface area (Å²) >= 11 is 0. The fourth-order valence-corrected chi connectivity index (χ4v) is 8.23. The molecule has 4 aliphatic carbocycles. The van der Waals surface area contributed by atoms with Gasteiger partial charge in [-0.1, -0.05) is 0 Å². The molecule has 7 nitrogen and oxygen atoms in total. The van der Waals surface area contributed by atoms with Crippen molar-refractivity contribution in [1.29, 1.82) is 0 Å². The molecule has 206 valence electrons. The quantitative estimate of drug-likeness (QED) is 0.459. The second kappa shape index (κ2) is 8.94. The molecule has 3 aromatic rings. The van der Waals surface area contributed by atoms with Crippen LogP contribution in [0.2, 0.25) is 0 Å². The van der Waals surface area contributed by atoms with Crippen molar-refractivity contribution >= 4 is 11.6 Å². The Kier molecular flexibility index (Phi) is 5.70. The van der Waals surface area contributed by atoms with Crippen LogP contribution >= 0.6 is 0 Å². The van der Waals surface area contributed by atoms with Gasteiger partial charge in [0.05, 0.1) is 19.0 Å². The van der Waals surface area contributed by atoms with Crippen molar-refractivity contribution in [2.24, 2.45) is 17.8 Å². The molecule has 1 aromatic carbocycles. The smallest absolute Gasteiger partial charge is 0.433 e. The minimum atomic E-state index is -4.67. The summed E-state index contributed by atoms with van der Waals surface area (Å²) < 4.78 is 48.0. The molecule has 1 amide bonds. The van der Waals surface area contributed by atoms with E-state index in [0.29, 0.717) is 24.4 Å². The Morgan fingerprint density at radius 1 is 0.974 bits per heavy atom. The minimum Gasteiger partial charge on any atom is -0.497 e. The summed E-state index contributed by atoms with van der Waals surface area (Å²) in [5, 5.41) is 3.96. The van der Waals surface area contributed by atoms with Gasteiger partial charge >= 0.3 is 6.18 Å². The van der Waals surface area contributed by atoms with Gasteiger partial charge in [-0.05, 0) is 86.6 Å². The van der Waals surface area contributed by atoms with Crippen LogP contribution in [-0.2, 0) is 6.18 Å². The molecule has 10 heteroatoms. The number of halogens is 3. The van der Waals surface area contributed by atoms with Crippen molar-refractivity contribution < 1.29 is 22.7 Å². The molecule has 0 spiro atoms. The highest BCUT2D eigenvalue weighted by molar-refractivity contribution is 6.00. The standard InChI is InChI=1S/C29H32F3N5O2/c1-39-22-4-2-21(3-5-22)24-13-25(29(30,31)32)37-26(34-24)23(17-33-37)27(38)35-6-8-36(9-7-35)28-14-18-10-19(15-28)12-20(11-18)16-28/h2-5,13,17-20H,6-12,14-16H2,1H3. The lowest BCUT2D eigenvalue weighted by Gasteiger charge is -2.61. The van der Waals surface area contributed by atoms with Crippen LogP contribution in [0.1, 0.15) is 54.6 Å². The van der Waals surface area contributed by atoms with E-state index in [-0.39, 0.29) is 28.4 Å². The number of piperazine rings is 1. The first-order chi connectivity index (χ1) is 18.7. The fourth-order valence-electron chi connectivity index (χ4n) is 8.23. The number of alkyl halides is 3. The van der Waals surface area contributed by atoms with Crippen LogP contribution in [0.5, 0.6) is 5.75 Å². The molecule has 4 bridgehead atoms. The van der Waals surface area contributed by atoms with Gasteiger partial charge in [0.15, 0.2) is 11.3 Å². The number of nitrogens with zero attached hydrogens (tertiary/aromatic N) is 5. The summed E-state index contributed by atoms with van der Waals surface area (Å²) in [5.41, 5.74) is -0.0522. The SMILES string of the molecule is COc1ccc(-c2cc(C(F)(F)F)n3ncc(C(=O)N4CCN(C56CC7CC(CC(C7)C5)C6)CC4)c3n2)cc1. The molecule has 39 heavy (non-hydrogen) atoms. The lowest BCUT2D eigenvalue weighted by molar-refractivity contribution is -0.142. The third-order valence-electron chi connectivity index (χ3n) is 9.62. The van der Waals surface area contributed by atoms with Crippen molar-refractivity contribution in [2.75, 3.05) is 33.3 Å². The van der Waals surface area contributed by atoms with Crippen LogP contribution in [0.3, 0.4) is 0 Å². The summed E-state index contributed by atoms with van der Waals surface area (Å²) in [7, 11) is 1.52. The summed E-state index contributed by atoms with van der Waals surface area (Å²) in [6.07, 6.45) is 4.55. The number of fused-ring (bicyclic) bond motifs is 1. The fraction of sp³-hybridized carbons (Fsp3) is 0.552. The van der Waals surface area contributed by atoms with Crippen molar-refractivity contribution in [3.63, 3.8) is 0 Å². The first kappa shape index (κ1) is 24.9. The molecule has 5 aliphatic rings. The predicted octanol–water partition coefficient (Wildman–Crippen LogP) is 5.15. The van der Waals surface area contributed by atoms with Gasteiger partial charge in [-0.3, -0.25) is 9.69 Å². The lowest BCUT2D eigenvalue weighted by atomic mass is 9.52. The molecule has 0 atom stereocenters. The number of methoxy groups -OCH3 is 1. The van der Waals surface area contributed by atoms with E-state index in [1.807, 2.05) is 0 Å². The zero-order valence-corrected chi connectivity index (χ0v) is 22.0. The molecule has 2 aromatic heterocycles. The number of carbonyl (C=O) groups is 1. The van der Waals surface area contributed by atoms with Crippen LogP contribution in [0.4, 0.5) is 13.2 Å². The highest BCUT2D eigenvalue weighted by Crippen LogP contribution is 2.57. The maximum Gasteiger partial charge on any atom is 0.433 e. The monoisotopic (exact) mass is 539 g/mol. The van der Waals surface area contributed by atoms with E-state index in [9.17, 15) is 18.0 Å². The average Bonchev–Trinajstić information content (AvgIpc) is 3.35. The molecule has 5 fully saturated rings. The molecule has 1 aliphatic heterocycles. The highest BCUT2D eigenvalue weighted by atomic mass is 19.4. The zero-order chi connectivity index (χ0) is 26.9. The van der Waals surface area contributed by atoms with E-state index in [1.54, 1.807) is 29.2 Å². The van der Waals surface area contributed by atoms with Gasteiger partial charge in [-0.2, -0.15) is 18.3 Å². The molecule has 0 radical (unpaired) electrons. The van der Waals surface area contributed by atoms with E-state index in [1.165, 1.54) is 51.8 Å². The predicted molar refractivity (Wildman–Crippen MR) is 138 cm³/mol. The molecular weight excluding hydrogens is 507 g/mol. The first-order valence-corrected chi connectivity index (χ1v) is 13.9. The van der Waals surface area contributed by atoms with Gasteiger partial charge < -0.3 is 9.64 Å². The molecule has 0 unspecified atom stereocenters. The maximum atomic E-state index is 14.0. The van der Waals surface area contributed by atoms with Gasteiger partial charge in [0.2, 0.25) is 0 Å². The summed E-state index contributed by atoms with van der Waals surface area (Å²) in [6.45, 7) is 2.72. The van der Waals surface area contributed by atoms with Gasteiger partial charge in [0.1, 0.15) is 11.3 Å². The van der Waals surface area contributed by atoms with Crippen LogP contribution < -0.4 is 4.74 Å². The molecule has 0 N–H and O–H groups in total. The van der Waals surface area contributed by atoms with E-state index < -0.39 is 11.9 Å². The molecule has 1 saturated heterocycles. The van der Waals surface area contributed by atoms with Crippen molar-refractivity contribution in [1.82, 2.24) is 24.4 Å². The Hall–Kier alpha value is -3.14. The number of hydrogen-bond acceptors (Lipinski definition) is 5. The van der Waals surface area contributed by atoms with Crippen LogP contribution in [0.25, 0.3) is 16.9 Å². The Morgan fingerprint density at radius 3 is 2.15 bits per heavy atom. The number of hydrogen-bond donors (Lipinski definition) is 0. The third-order valence-corrected chi connectivity index (χ3v) is 9.62. The van der Waals surface area contributed by atoms with Gasteiger partial charge in [-0.15, -0.1) is 0 Å². The van der Waals surface area contributed by atoms with E-state index in [0.717, 1.165) is 41.4 Å². The Balaban J connectivity index is 1.16. The minimum absolute atomic E-state index is 0.0795. The summed E-state index contributed by atoms with van der Waals surface area (Å²) in [4.78, 5) is 22.5. The van der Waals surface area contributed by atoms with Crippen molar-refractivity contribution in [2.45, 2.75) is 50.2 Å². The van der Waals surface area contributed by atoms with Crippen molar-refractivity contribution in [3.8, 4) is 17.0 Å². The van der Waals surface area contributed by atoms with E-state index in [2.05, 4.69) is 15.0 Å². The van der Waals surface area contributed by atoms with Crippen LogP contribution in [0, 0.1) is 17.8 Å². The summed E-state index contributed by atoms with van der Waals surface area (Å²) in [6, 6.07) is 7.61. The number of aromatic nitrogens is 3. The van der Waals surface area contributed by atoms with Gasteiger partial charge in [0, 0.05) is 37.3 Å². The number of benzene rings is 1. The Bertz CT molecular complexity index is 1370.